The number of nitrogens with one attached hydrogen (secondary N) is 1. The third-order valence-corrected chi connectivity index (χ3v) is 13.7. The summed E-state index contributed by atoms with van der Waals surface area (Å²) in [6.45, 7) is 13.5. The first-order chi connectivity index (χ1) is 35.1. The minimum atomic E-state index is -0.0325. The van der Waals surface area contributed by atoms with Crippen molar-refractivity contribution in [3.63, 3.8) is 0 Å². The van der Waals surface area contributed by atoms with Gasteiger partial charge in [0.2, 0.25) is 11.9 Å². The van der Waals surface area contributed by atoms with Gasteiger partial charge in [0.05, 0.1) is 56.7 Å². The van der Waals surface area contributed by atoms with Gasteiger partial charge < -0.3 is 43.6 Å². The second-order valence-corrected chi connectivity index (χ2v) is 19.1. The zero-order valence-electron chi connectivity index (χ0n) is 42.3. The van der Waals surface area contributed by atoms with Gasteiger partial charge in [-0.15, -0.1) is 12.4 Å². The summed E-state index contributed by atoms with van der Waals surface area (Å²) in [5.41, 5.74) is 3.72. The first-order valence-electron chi connectivity index (χ1n) is 25.2. The van der Waals surface area contributed by atoms with Gasteiger partial charge in [-0.05, 0) is 31.4 Å². The Hall–Kier alpha value is -6.37. The van der Waals surface area contributed by atoms with Crippen molar-refractivity contribution in [2.24, 2.45) is 0 Å². The number of ether oxygens (including phenoxy) is 3. The summed E-state index contributed by atoms with van der Waals surface area (Å²) in [6, 6.07) is 12.2. The molecule has 5 aliphatic heterocycles. The zero-order valence-corrected chi connectivity index (χ0v) is 43.1. The van der Waals surface area contributed by atoms with E-state index in [1.165, 1.54) is 0 Å². The van der Waals surface area contributed by atoms with Crippen LogP contribution in [-0.4, -0.2) is 231 Å². The summed E-state index contributed by atoms with van der Waals surface area (Å²) in [6.07, 6.45) is 7.05. The summed E-state index contributed by atoms with van der Waals surface area (Å²) in [4.78, 5) is 69.9. The van der Waals surface area contributed by atoms with E-state index in [2.05, 4.69) is 42.1 Å². The second-order valence-electron chi connectivity index (χ2n) is 19.1. The van der Waals surface area contributed by atoms with Crippen LogP contribution in [0.5, 0.6) is 0 Å². The molecular weight excluding hydrogens is 956 g/mol. The number of aromatic nitrogens is 10. The van der Waals surface area contributed by atoms with Crippen LogP contribution in [0.25, 0.3) is 44.6 Å². The van der Waals surface area contributed by atoms with Crippen LogP contribution in [0.2, 0.25) is 0 Å². The van der Waals surface area contributed by atoms with Gasteiger partial charge in [-0.25, -0.2) is 24.2 Å². The maximum Gasteiger partial charge on any atom is 0.319 e. The molecule has 23 nitrogen and oxygen atoms in total. The Morgan fingerprint density at radius 2 is 1.14 bits per heavy atom. The first kappa shape index (κ1) is 51.5. The highest BCUT2D eigenvalue weighted by atomic mass is 35.5. The maximum atomic E-state index is 12.4. The third-order valence-electron chi connectivity index (χ3n) is 13.7. The monoisotopic (exact) mass is 1020 g/mol. The van der Waals surface area contributed by atoms with E-state index in [0.717, 1.165) is 123 Å². The van der Waals surface area contributed by atoms with E-state index in [1.54, 1.807) is 38.0 Å². The van der Waals surface area contributed by atoms with Gasteiger partial charge >= 0.3 is 12.1 Å². The Morgan fingerprint density at radius 3 is 1.64 bits per heavy atom. The van der Waals surface area contributed by atoms with Crippen LogP contribution in [0.1, 0.15) is 37.1 Å². The van der Waals surface area contributed by atoms with E-state index in [1.807, 2.05) is 51.0 Å². The van der Waals surface area contributed by atoms with Crippen LogP contribution in [-0.2, 0) is 27.3 Å². The molecule has 9 heterocycles. The molecule has 24 heteroatoms. The van der Waals surface area contributed by atoms with Gasteiger partial charge in [0.25, 0.3) is 0 Å². The van der Waals surface area contributed by atoms with Crippen LogP contribution in [0.15, 0.2) is 48.8 Å². The number of carbonyl (C=O) groups is 2. The second kappa shape index (κ2) is 23.7. The fourth-order valence-electron chi connectivity index (χ4n) is 9.67. The van der Waals surface area contributed by atoms with Crippen molar-refractivity contribution in [1.82, 2.24) is 79.3 Å². The number of fused-ring (bicyclic) bond motifs is 2. The molecule has 6 aromatic rings. The standard InChI is InChI=1S/C27H37N9O3.C22H29N9O2.ClH/c1-32(2)27(37)35-11-9-33(10-12-35)19-23-28-25(30-26(29-23)34-13-16-38-17-14-34)20-6-5-7-22-21(20)18-36(31-22)24-8-3-4-15-39-24;1-28(2)22(32)31-8-6-29(7-9-31)15-19-24-20(16-4-3-5-18-17(16)14-23-27-18)26-21(25-19)30-10-12-33-13-11-30;/h5-7,18,24H,3-4,8-17,19H2,1-2H3;3-5,14H,6-13,15H2,1-2H3,(H,23,27);1H. The van der Waals surface area contributed by atoms with Gasteiger partial charge in [-0.2, -0.15) is 30.1 Å². The summed E-state index contributed by atoms with van der Waals surface area (Å²) >= 11 is 0. The number of carbonyl (C=O) groups excluding carboxylic acids is 2. The van der Waals surface area contributed by atoms with E-state index in [0.29, 0.717) is 89.2 Å². The topological polar surface area (TPSA) is 212 Å². The predicted octanol–water partition coefficient (Wildman–Crippen LogP) is 3.70. The quantitative estimate of drug-likeness (QED) is 0.219. The smallest absolute Gasteiger partial charge is 0.319 e. The molecule has 2 aromatic carbocycles. The molecule has 11 rings (SSSR count). The fraction of sp³-hybridized carbons (Fsp3) is 0.551. The van der Waals surface area contributed by atoms with Gasteiger partial charge in [0, 0.05) is 141 Å². The average Bonchev–Trinajstić information content (AvgIpc) is 4.10. The lowest BCUT2D eigenvalue weighted by atomic mass is 10.1. The van der Waals surface area contributed by atoms with Gasteiger partial charge in [-0.3, -0.25) is 14.9 Å². The molecule has 0 radical (unpaired) electrons. The van der Waals surface area contributed by atoms with Gasteiger partial charge in [0.15, 0.2) is 11.6 Å². The van der Waals surface area contributed by atoms with Crippen LogP contribution in [0.4, 0.5) is 21.5 Å². The van der Waals surface area contributed by atoms with Crippen molar-refractivity contribution in [2.75, 3.05) is 150 Å². The van der Waals surface area contributed by atoms with Crippen LogP contribution >= 0.6 is 12.4 Å². The molecule has 0 aliphatic carbocycles. The molecule has 5 saturated heterocycles. The summed E-state index contributed by atoms with van der Waals surface area (Å²) in [5.74, 6) is 4.12. The molecular formula is C49H67ClN18O5. The molecule has 4 amide bonds. The lowest BCUT2D eigenvalue weighted by Crippen LogP contribution is -2.51. The van der Waals surface area contributed by atoms with E-state index in [4.69, 9.17) is 49.2 Å². The van der Waals surface area contributed by atoms with E-state index < -0.39 is 0 Å². The number of urea groups is 2. The number of H-pyrrole nitrogens is 1. The van der Waals surface area contributed by atoms with Crippen LogP contribution < -0.4 is 9.80 Å². The number of benzene rings is 2. The van der Waals surface area contributed by atoms with Crippen molar-refractivity contribution in [2.45, 2.75) is 38.6 Å². The zero-order chi connectivity index (χ0) is 49.6. The van der Waals surface area contributed by atoms with Gasteiger partial charge in [0.1, 0.15) is 17.9 Å². The number of hydrogen-bond acceptors (Lipinski definition) is 17. The molecule has 5 fully saturated rings. The van der Waals surface area contributed by atoms with Crippen molar-refractivity contribution in [3.8, 4) is 22.8 Å². The van der Waals surface area contributed by atoms with Crippen molar-refractivity contribution >= 4 is 58.2 Å². The number of rotatable bonds is 9. The Labute approximate surface area is 431 Å². The number of aromatic amines is 1. The fourth-order valence-corrected chi connectivity index (χ4v) is 9.67. The Balaban J connectivity index is 0.000000180. The number of anilines is 2. The Morgan fingerprint density at radius 1 is 0.616 bits per heavy atom. The molecule has 5 aliphatic rings. The van der Waals surface area contributed by atoms with E-state index in [9.17, 15) is 9.59 Å². The molecule has 73 heavy (non-hydrogen) atoms. The number of halogens is 1. The van der Waals surface area contributed by atoms with Crippen molar-refractivity contribution in [3.05, 3.63) is 60.4 Å². The molecule has 1 atom stereocenters. The maximum absolute atomic E-state index is 12.4. The largest absolute Gasteiger partial charge is 0.378 e. The molecule has 4 aromatic heterocycles. The highest BCUT2D eigenvalue weighted by Gasteiger charge is 2.27. The number of amides is 4. The van der Waals surface area contributed by atoms with E-state index in [-0.39, 0.29) is 30.7 Å². The van der Waals surface area contributed by atoms with E-state index >= 15 is 0 Å². The number of piperazine rings is 2. The Bertz CT molecular complexity index is 2790. The minimum Gasteiger partial charge on any atom is -0.378 e. The molecule has 0 spiro atoms. The normalized spacial score (nSPS) is 19.1. The summed E-state index contributed by atoms with van der Waals surface area (Å²) in [5, 5.41) is 14.0. The molecule has 0 bridgehead atoms. The van der Waals surface area contributed by atoms with Crippen LogP contribution in [0.3, 0.4) is 0 Å². The minimum absolute atomic E-state index is 0. The highest BCUT2D eigenvalue weighted by Crippen LogP contribution is 2.31. The highest BCUT2D eigenvalue weighted by molar-refractivity contribution is 5.93. The summed E-state index contributed by atoms with van der Waals surface area (Å²) < 4.78 is 19.0. The summed E-state index contributed by atoms with van der Waals surface area (Å²) in [7, 11) is 7.16. The molecule has 0 saturated carbocycles. The van der Waals surface area contributed by atoms with Gasteiger partial charge in [-0.1, -0.05) is 24.3 Å². The number of morpholine rings is 2. The SMILES string of the molecule is CN(C)C(=O)N1CCN(Cc2nc(-c3cccc4[nH]ncc34)nc(N3CCOCC3)n2)CC1.CN(C)C(=O)N1CCN(Cc2nc(-c3cccc4nn(C5CCCCO5)cc34)nc(N3CCOCC3)n2)CC1.Cl. The Kier molecular flexibility index (Phi) is 16.7. The van der Waals surface area contributed by atoms with Crippen molar-refractivity contribution in [1.29, 1.82) is 0 Å². The average molecular weight is 1020 g/mol. The predicted molar refractivity (Wildman–Crippen MR) is 277 cm³/mol. The first-order valence-corrected chi connectivity index (χ1v) is 25.2. The van der Waals surface area contributed by atoms with Crippen LogP contribution in [0, 0.1) is 0 Å². The third kappa shape index (κ3) is 12.2. The number of nitrogens with zero attached hydrogens (tertiary/aromatic N) is 17. The molecule has 1 N–H and O–H groups in total. The van der Waals surface area contributed by atoms with Crippen molar-refractivity contribution < 1.29 is 23.8 Å². The molecule has 1 unspecified atom stereocenters. The lowest BCUT2D eigenvalue weighted by molar-refractivity contribution is -0.0390. The number of hydrogen-bond donors (Lipinski definition) is 1. The molecule has 390 valence electrons. The lowest BCUT2D eigenvalue weighted by Gasteiger charge is -2.35.